The number of rotatable bonds is 5. The second kappa shape index (κ2) is 8.49. The lowest BCUT2D eigenvalue weighted by Crippen LogP contribution is -2.37. The minimum Gasteiger partial charge on any atom is -0.453 e. The molecule has 2 heterocycles. The first kappa shape index (κ1) is 21.2. The summed E-state index contributed by atoms with van der Waals surface area (Å²) in [5.41, 5.74) is 0.392. The van der Waals surface area contributed by atoms with Crippen molar-refractivity contribution in [3.63, 3.8) is 0 Å². The summed E-state index contributed by atoms with van der Waals surface area (Å²) in [6.45, 7) is 0.454. The van der Waals surface area contributed by atoms with Crippen molar-refractivity contribution in [2.24, 2.45) is 0 Å². The Bertz CT molecular complexity index is 1050. The minimum atomic E-state index is -3.81. The second-order valence-electron chi connectivity index (χ2n) is 6.22. The van der Waals surface area contributed by atoms with Crippen molar-refractivity contribution in [2.45, 2.75) is 16.3 Å². The molecule has 3 rings (SSSR count). The fraction of sp³-hybridized carbons (Fsp3) is 0.375. The first-order chi connectivity index (χ1) is 13.7. The molecular weight excluding hydrogens is 422 g/mol. The monoisotopic (exact) mass is 443 g/mol. The first-order valence-electron chi connectivity index (χ1n) is 8.69. The Morgan fingerprint density at radius 1 is 1.03 bits per heavy atom. The van der Waals surface area contributed by atoms with Crippen LogP contribution in [0.25, 0.3) is 0 Å². The molecule has 2 aromatic rings. The molecule has 1 saturated heterocycles. The van der Waals surface area contributed by atoms with Crippen molar-refractivity contribution in [3.05, 3.63) is 36.8 Å². The standard InChI is InChI=1S/C16H21N5O6S2/c1-27-16(22)19-13-3-5-14(6-4-13)28(23,24)20-7-2-8-21(10-9-20)29(25,26)15-11-17-12-18-15/h3-6,11-12H,2,7-10H2,1H3,(H,17,18)(H,19,22). The highest BCUT2D eigenvalue weighted by atomic mass is 32.2. The molecule has 11 nitrogen and oxygen atoms in total. The Balaban J connectivity index is 1.73. The normalized spacial score (nSPS) is 16.9. The van der Waals surface area contributed by atoms with Gasteiger partial charge in [0, 0.05) is 31.9 Å². The number of amides is 1. The zero-order valence-corrected chi connectivity index (χ0v) is 17.2. The largest absolute Gasteiger partial charge is 0.453 e. The van der Waals surface area contributed by atoms with Gasteiger partial charge >= 0.3 is 6.09 Å². The van der Waals surface area contributed by atoms with E-state index in [9.17, 15) is 21.6 Å². The van der Waals surface area contributed by atoms with Crippen LogP contribution >= 0.6 is 0 Å². The molecular formula is C16H21N5O6S2. The summed E-state index contributed by atoms with van der Waals surface area (Å²) < 4.78 is 58.1. The van der Waals surface area contributed by atoms with Crippen LogP contribution < -0.4 is 5.32 Å². The zero-order chi connectivity index (χ0) is 21.1. The van der Waals surface area contributed by atoms with Gasteiger partial charge < -0.3 is 9.72 Å². The SMILES string of the molecule is COC(=O)Nc1ccc(S(=O)(=O)N2CCCN(S(=O)(=O)c3cnc[nH]3)CC2)cc1. The topological polar surface area (TPSA) is 142 Å². The van der Waals surface area contributed by atoms with E-state index in [0.29, 0.717) is 12.1 Å². The van der Waals surface area contributed by atoms with Gasteiger partial charge in [0.2, 0.25) is 10.0 Å². The fourth-order valence-electron chi connectivity index (χ4n) is 2.90. The average Bonchev–Trinajstić information content (AvgIpc) is 3.13. The minimum absolute atomic E-state index is 0.0255. The highest BCUT2D eigenvalue weighted by molar-refractivity contribution is 7.89. The molecule has 29 heavy (non-hydrogen) atoms. The molecule has 0 unspecified atom stereocenters. The molecule has 0 radical (unpaired) electrons. The lowest BCUT2D eigenvalue weighted by molar-refractivity contribution is 0.187. The summed E-state index contributed by atoms with van der Waals surface area (Å²) in [6.07, 6.45) is 2.19. The quantitative estimate of drug-likeness (QED) is 0.692. The van der Waals surface area contributed by atoms with Gasteiger partial charge in [-0.25, -0.2) is 26.6 Å². The number of hydrogen-bond acceptors (Lipinski definition) is 7. The molecule has 0 atom stereocenters. The van der Waals surface area contributed by atoms with Crippen molar-refractivity contribution < 1.29 is 26.4 Å². The predicted molar refractivity (Wildman–Crippen MR) is 103 cm³/mol. The second-order valence-corrected chi connectivity index (χ2v) is 10.1. The molecule has 1 aromatic heterocycles. The smallest absolute Gasteiger partial charge is 0.411 e. The Morgan fingerprint density at radius 2 is 1.66 bits per heavy atom. The van der Waals surface area contributed by atoms with Crippen molar-refractivity contribution >= 4 is 31.8 Å². The number of methoxy groups -OCH3 is 1. The van der Waals surface area contributed by atoms with Gasteiger partial charge in [-0.3, -0.25) is 5.32 Å². The van der Waals surface area contributed by atoms with Crippen LogP contribution in [-0.2, 0) is 24.8 Å². The van der Waals surface area contributed by atoms with Gasteiger partial charge in [0.1, 0.15) is 0 Å². The van der Waals surface area contributed by atoms with Gasteiger partial charge in [0.05, 0.1) is 24.5 Å². The molecule has 0 saturated carbocycles. The van der Waals surface area contributed by atoms with Gasteiger partial charge in [0.25, 0.3) is 10.0 Å². The van der Waals surface area contributed by atoms with Crippen LogP contribution in [0.2, 0.25) is 0 Å². The number of sulfonamides is 2. The number of aromatic nitrogens is 2. The van der Waals surface area contributed by atoms with Crippen LogP contribution in [0.1, 0.15) is 6.42 Å². The fourth-order valence-corrected chi connectivity index (χ4v) is 5.74. The average molecular weight is 444 g/mol. The first-order valence-corrected chi connectivity index (χ1v) is 11.6. The highest BCUT2D eigenvalue weighted by Crippen LogP contribution is 2.22. The van der Waals surface area contributed by atoms with Gasteiger partial charge in [-0.05, 0) is 30.7 Å². The summed E-state index contributed by atoms with van der Waals surface area (Å²) in [4.78, 5) is 17.6. The molecule has 1 aromatic carbocycles. The predicted octanol–water partition coefficient (Wildman–Crippen LogP) is 0.673. The number of hydrogen-bond donors (Lipinski definition) is 2. The Morgan fingerprint density at radius 3 is 2.21 bits per heavy atom. The number of anilines is 1. The highest BCUT2D eigenvalue weighted by Gasteiger charge is 2.32. The summed E-state index contributed by atoms with van der Waals surface area (Å²) in [7, 11) is -6.34. The molecule has 2 N–H and O–H groups in total. The van der Waals surface area contributed by atoms with E-state index in [1.54, 1.807) is 0 Å². The van der Waals surface area contributed by atoms with Gasteiger partial charge in [-0.15, -0.1) is 0 Å². The number of carbonyl (C=O) groups excluding carboxylic acids is 1. The third kappa shape index (κ3) is 4.58. The molecule has 0 aliphatic carbocycles. The number of H-pyrrole nitrogens is 1. The van der Waals surface area contributed by atoms with Crippen molar-refractivity contribution in [1.29, 1.82) is 0 Å². The van der Waals surface area contributed by atoms with E-state index in [0.717, 1.165) is 0 Å². The van der Waals surface area contributed by atoms with Crippen LogP contribution in [0.15, 0.2) is 46.7 Å². The number of carbonyl (C=O) groups is 1. The van der Waals surface area contributed by atoms with Crippen molar-refractivity contribution in [1.82, 2.24) is 18.6 Å². The molecule has 0 bridgehead atoms. The molecule has 1 aliphatic rings. The van der Waals surface area contributed by atoms with Crippen molar-refractivity contribution in [3.8, 4) is 0 Å². The van der Waals surface area contributed by atoms with E-state index >= 15 is 0 Å². The van der Waals surface area contributed by atoms with Crippen LogP contribution in [0.5, 0.6) is 0 Å². The van der Waals surface area contributed by atoms with Crippen LogP contribution in [-0.4, -0.2) is 74.8 Å². The van der Waals surface area contributed by atoms with E-state index in [4.69, 9.17) is 0 Å². The summed E-state index contributed by atoms with van der Waals surface area (Å²) >= 11 is 0. The lowest BCUT2D eigenvalue weighted by atomic mass is 10.3. The van der Waals surface area contributed by atoms with Gasteiger partial charge in [-0.2, -0.15) is 8.61 Å². The molecule has 0 spiro atoms. The maximum atomic E-state index is 12.9. The maximum absolute atomic E-state index is 12.9. The van der Waals surface area contributed by atoms with Crippen LogP contribution in [0, 0.1) is 0 Å². The van der Waals surface area contributed by atoms with E-state index in [1.165, 1.54) is 52.5 Å². The summed E-state index contributed by atoms with van der Waals surface area (Å²) in [6, 6.07) is 5.67. The molecule has 158 valence electrons. The van der Waals surface area contributed by atoms with E-state index in [1.807, 2.05) is 0 Å². The maximum Gasteiger partial charge on any atom is 0.411 e. The van der Waals surface area contributed by atoms with Gasteiger partial charge in [0.15, 0.2) is 5.03 Å². The number of nitrogens with zero attached hydrogens (tertiary/aromatic N) is 3. The third-order valence-electron chi connectivity index (χ3n) is 4.43. The summed E-state index contributed by atoms with van der Waals surface area (Å²) in [5, 5.41) is 2.42. The van der Waals surface area contributed by atoms with E-state index in [-0.39, 0.29) is 36.1 Å². The Kier molecular flexibility index (Phi) is 6.21. The van der Waals surface area contributed by atoms with Gasteiger partial charge in [-0.1, -0.05) is 0 Å². The Labute approximate surface area is 168 Å². The number of imidazole rings is 1. The van der Waals surface area contributed by atoms with E-state index < -0.39 is 26.1 Å². The zero-order valence-electron chi connectivity index (χ0n) is 15.6. The third-order valence-corrected chi connectivity index (χ3v) is 8.17. The number of aromatic amines is 1. The lowest BCUT2D eigenvalue weighted by Gasteiger charge is -2.21. The molecule has 1 aliphatic heterocycles. The van der Waals surface area contributed by atoms with Crippen molar-refractivity contribution in [2.75, 3.05) is 38.6 Å². The molecule has 1 fully saturated rings. The number of benzene rings is 1. The number of ether oxygens (including phenoxy) is 1. The number of nitrogens with one attached hydrogen (secondary N) is 2. The summed E-state index contributed by atoms with van der Waals surface area (Å²) in [5.74, 6) is 0. The van der Waals surface area contributed by atoms with Crippen LogP contribution in [0.4, 0.5) is 10.5 Å². The Hall–Kier alpha value is -2.48. The van der Waals surface area contributed by atoms with Crippen LogP contribution in [0.3, 0.4) is 0 Å². The molecule has 13 heteroatoms. The molecule has 1 amide bonds. The van der Waals surface area contributed by atoms with E-state index in [2.05, 4.69) is 20.0 Å².